The lowest BCUT2D eigenvalue weighted by molar-refractivity contribution is 0.620. The summed E-state index contributed by atoms with van der Waals surface area (Å²) in [5, 5.41) is 4.75. The topological polar surface area (TPSA) is 29.3 Å². The predicted molar refractivity (Wildman–Crippen MR) is 266 cm³/mol. The van der Waals surface area contributed by atoms with Crippen molar-refractivity contribution < 1.29 is 4.42 Å². The highest BCUT2D eigenvalue weighted by Crippen LogP contribution is 2.49. The fourth-order valence-electron chi connectivity index (χ4n) is 9.11. The van der Waals surface area contributed by atoms with Crippen LogP contribution < -0.4 is 4.90 Å². The molecular formula is C59H38N2OS. The van der Waals surface area contributed by atoms with Gasteiger partial charge in [0, 0.05) is 54.0 Å². The van der Waals surface area contributed by atoms with Crippen LogP contribution in [0, 0.1) is 0 Å². The molecule has 0 spiro atoms. The molecule has 0 fully saturated rings. The van der Waals surface area contributed by atoms with Gasteiger partial charge in [0.2, 0.25) is 5.89 Å². The van der Waals surface area contributed by atoms with Crippen molar-refractivity contribution in [3.05, 3.63) is 231 Å². The Morgan fingerprint density at radius 2 is 0.968 bits per heavy atom. The van der Waals surface area contributed by atoms with Gasteiger partial charge < -0.3 is 9.32 Å². The second kappa shape index (κ2) is 15.4. The average molecular weight is 823 g/mol. The number of hydrogen-bond donors (Lipinski definition) is 0. The molecule has 0 unspecified atom stereocenters. The van der Waals surface area contributed by atoms with Gasteiger partial charge in [0.25, 0.3) is 0 Å². The third kappa shape index (κ3) is 6.56. The maximum Gasteiger partial charge on any atom is 0.227 e. The molecule has 2 aromatic heterocycles. The summed E-state index contributed by atoms with van der Waals surface area (Å²) in [5.74, 6) is 0.615. The van der Waals surface area contributed by atoms with E-state index in [1.54, 1.807) is 11.3 Å². The number of aromatic nitrogens is 1. The Morgan fingerprint density at radius 3 is 1.68 bits per heavy atom. The van der Waals surface area contributed by atoms with E-state index in [9.17, 15) is 0 Å². The summed E-state index contributed by atoms with van der Waals surface area (Å²) in [6.45, 7) is 0. The number of rotatable bonds is 8. The van der Waals surface area contributed by atoms with Gasteiger partial charge in [0.05, 0.1) is 11.4 Å². The van der Waals surface area contributed by atoms with Gasteiger partial charge in [-0.25, -0.2) is 4.98 Å². The zero-order valence-electron chi connectivity index (χ0n) is 34.2. The van der Waals surface area contributed by atoms with Gasteiger partial charge in [-0.3, -0.25) is 0 Å². The lowest BCUT2D eigenvalue weighted by Gasteiger charge is -2.30. The van der Waals surface area contributed by atoms with E-state index >= 15 is 0 Å². The molecule has 296 valence electrons. The first kappa shape index (κ1) is 36.8. The highest BCUT2D eigenvalue weighted by atomic mass is 32.1. The van der Waals surface area contributed by atoms with Crippen molar-refractivity contribution >= 4 is 70.4 Å². The molecule has 0 amide bonds. The van der Waals surface area contributed by atoms with Gasteiger partial charge in [-0.2, -0.15) is 0 Å². The summed E-state index contributed by atoms with van der Waals surface area (Å²) in [5.41, 5.74) is 14.9. The Kier molecular flexibility index (Phi) is 9.02. The number of anilines is 3. The summed E-state index contributed by atoms with van der Waals surface area (Å²) < 4.78 is 9.04. The van der Waals surface area contributed by atoms with Crippen molar-refractivity contribution in [1.82, 2.24) is 4.98 Å². The SMILES string of the molecule is c1ccc(-c2ccc(N(c3ccc(-c4c5nc(-c6ccccc6)oc5cc5sc6ccccc6c45)cc3-c3ccccc3)c3cc(-c4ccccc4)cc4ccccc34)cc2)cc1. The summed E-state index contributed by atoms with van der Waals surface area (Å²) in [6, 6.07) is 82.5. The van der Waals surface area contributed by atoms with E-state index in [-0.39, 0.29) is 0 Å². The van der Waals surface area contributed by atoms with Crippen LogP contribution >= 0.6 is 11.3 Å². The summed E-state index contributed by atoms with van der Waals surface area (Å²) in [4.78, 5) is 7.74. The van der Waals surface area contributed by atoms with Crippen molar-refractivity contribution in [1.29, 1.82) is 0 Å². The molecule has 63 heavy (non-hydrogen) atoms. The van der Waals surface area contributed by atoms with Crippen LogP contribution in [0.4, 0.5) is 17.1 Å². The van der Waals surface area contributed by atoms with Crippen LogP contribution in [0.25, 0.3) is 98.0 Å². The van der Waals surface area contributed by atoms with Crippen LogP contribution in [0.1, 0.15) is 0 Å². The highest BCUT2D eigenvalue weighted by molar-refractivity contribution is 7.26. The Hall–Kier alpha value is -8.05. The summed E-state index contributed by atoms with van der Waals surface area (Å²) in [6.07, 6.45) is 0. The van der Waals surface area contributed by atoms with Gasteiger partial charge in [-0.15, -0.1) is 11.3 Å². The summed E-state index contributed by atoms with van der Waals surface area (Å²) in [7, 11) is 0. The molecule has 0 saturated heterocycles. The third-order valence-electron chi connectivity index (χ3n) is 12.1. The molecule has 0 bridgehead atoms. The maximum absolute atomic E-state index is 6.63. The van der Waals surface area contributed by atoms with Crippen molar-refractivity contribution in [2.24, 2.45) is 0 Å². The quantitative estimate of drug-likeness (QED) is 0.153. The zero-order valence-corrected chi connectivity index (χ0v) is 35.0. The Labute approximate surface area is 369 Å². The van der Waals surface area contributed by atoms with Gasteiger partial charge in [0.1, 0.15) is 5.52 Å². The predicted octanol–water partition coefficient (Wildman–Crippen LogP) is 17.2. The minimum absolute atomic E-state index is 0.615. The minimum atomic E-state index is 0.615. The fraction of sp³-hybridized carbons (Fsp3) is 0. The Morgan fingerprint density at radius 1 is 0.397 bits per heavy atom. The lowest BCUT2D eigenvalue weighted by Crippen LogP contribution is -2.12. The van der Waals surface area contributed by atoms with E-state index in [1.807, 2.05) is 18.2 Å². The number of thiophene rings is 1. The maximum atomic E-state index is 6.63. The molecule has 4 heteroatoms. The molecule has 0 aliphatic heterocycles. The number of benzene rings is 10. The molecule has 3 nitrogen and oxygen atoms in total. The molecule has 0 N–H and O–H groups in total. The Balaban J connectivity index is 1.14. The normalized spacial score (nSPS) is 11.5. The van der Waals surface area contributed by atoms with Gasteiger partial charge in [-0.1, -0.05) is 170 Å². The first-order chi connectivity index (χ1) is 31.2. The van der Waals surface area contributed by atoms with E-state index in [0.29, 0.717) is 5.89 Å². The van der Waals surface area contributed by atoms with Gasteiger partial charge >= 0.3 is 0 Å². The van der Waals surface area contributed by atoms with Gasteiger partial charge in [0.15, 0.2) is 5.58 Å². The van der Waals surface area contributed by atoms with Crippen LogP contribution in [0.3, 0.4) is 0 Å². The van der Waals surface area contributed by atoms with Crippen LogP contribution in [0.15, 0.2) is 235 Å². The molecule has 10 aromatic carbocycles. The highest BCUT2D eigenvalue weighted by Gasteiger charge is 2.25. The fourth-order valence-corrected chi connectivity index (χ4v) is 10.2. The first-order valence-corrected chi connectivity index (χ1v) is 22.1. The van der Waals surface area contributed by atoms with Crippen LogP contribution in [-0.2, 0) is 0 Å². The van der Waals surface area contributed by atoms with Crippen molar-refractivity contribution in [3.63, 3.8) is 0 Å². The molecule has 0 atom stereocenters. The van der Waals surface area contributed by atoms with Gasteiger partial charge in [-0.05, 0) is 93.4 Å². The largest absolute Gasteiger partial charge is 0.436 e. The van der Waals surface area contributed by atoms with E-state index < -0.39 is 0 Å². The van der Waals surface area contributed by atoms with Crippen LogP contribution in [-0.4, -0.2) is 4.98 Å². The van der Waals surface area contributed by atoms with E-state index in [1.165, 1.54) is 47.6 Å². The van der Waals surface area contributed by atoms with E-state index in [2.05, 4.69) is 217 Å². The molecule has 0 aliphatic rings. The molecule has 0 radical (unpaired) electrons. The molecule has 0 saturated carbocycles. The minimum Gasteiger partial charge on any atom is -0.436 e. The molecule has 0 aliphatic carbocycles. The van der Waals surface area contributed by atoms with Crippen LogP contribution in [0.5, 0.6) is 0 Å². The smallest absolute Gasteiger partial charge is 0.227 e. The summed E-state index contributed by atoms with van der Waals surface area (Å²) >= 11 is 1.80. The number of nitrogens with zero attached hydrogens (tertiary/aromatic N) is 2. The number of oxazole rings is 1. The Bertz CT molecular complexity index is 3600. The van der Waals surface area contributed by atoms with Crippen LogP contribution in [0.2, 0.25) is 0 Å². The standard InChI is InChI=1S/C59H38N2OS/c1-5-17-39(18-6-1)41-29-32-47(33-30-41)61(52-37-46(40-19-7-2-8-20-40)35-44-25-13-14-26-48(44)52)51-34-31-45(36-50(51)42-21-9-3-10-22-42)56-57-49-27-15-16-28-54(49)63-55(57)38-53-58(56)60-59(62-53)43-23-11-4-12-24-43/h1-38H. The molecular weight excluding hydrogens is 785 g/mol. The number of fused-ring (bicyclic) bond motifs is 5. The average Bonchev–Trinajstić information content (AvgIpc) is 3.96. The van der Waals surface area contributed by atoms with Crippen molar-refractivity contribution in [2.45, 2.75) is 0 Å². The molecule has 2 heterocycles. The monoisotopic (exact) mass is 822 g/mol. The van der Waals surface area contributed by atoms with Crippen molar-refractivity contribution in [2.75, 3.05) is 4.90 Å². The molecule has 12 rings (SSSR count). The van der Waals surface area contributed by atoms with Crippen molar-refractivity contribution in [3.8, 4) is 56.0 Å². The lowest BCUT2D eigenvalue weighted by atomic mass is 9.92. The molecule has 12 aromatic rings. The van der Waals surface area contributed by atoms with E-state index in [0.717, 1.165) is 61.5 Å². The first-order valence-electron chi connectivity index (χ1n) is 21.3. The van der Waals surface area contributed by atoms with E-state index in [4.69, 9.17) is 9.40 Å². The second-order valence-corrected chi connectivity index (χ2v) is 17.0. The second-order valence-electron chi connectivity index (χ2n) is 15.9. The zero-order chi connectivity index (χ0) is 41.7. The third-order valence-corrected chi connectivity index (χ3v) is 13.2. The number of hydrogen-bond acceptors (Lipinski definition) is 4.